The van der Waals surface area contributed by atoms with Gasteiger partial charge in [-0.2, -0.15) is 0 Å². The molecule has 1 aromatic carbocycles. The van der Waals surface area contributed by atoms with Crippen molar-refractivity contribution < 1.29 is 49.0 Å². The van der Waals surface area contributed by atoms with Crippen molar-refractivity contribution in [1.82, 2.24) is 5.32 Å². The highest BCUT2D eigenvalue weighted by Gasteiger charge is 2.56. The van der Waals surface area contributed by atoms with Crippen LogP contribution in [0, 0.1) is 6.92 Å². The van der Waals surface area contributed by atoms with Crippen LogP contribution >= 0.6 is 0 Å². The van der Waals surface area contributed by atoms with Crippen LogP contribution in [0.15, 0.2) is 33.5 Å². The number of nitrogens with one attached hydrogen (secondary N) is 1. The number of benzene rings is 1. The highest BCUT2D eigenvalue weighted by Crippen LogP contribution is 2.35. The summed E-state index contributed by atoms with van der Waals surface area (Å²) in [6, 6.07) is 4.21. The smallest absolute Gasteiger partial charge is 0.377 e. The number of ether oxygens (including phenoxy) is 2. The zero-order chi connectivity index (χ0) is 24.5. The Morgan fingerprint density at radius 3 is 2.61 bits per heavy atom. The first-order valence-electron chi connectivity index (χ1n) is 10.0. The van der Waals surface area contributed by atoms with Crippen LogP contribution < -0.4 is 15.7 Å². The minimum absolute atomic E-state index is 0.0835. The summed E-state index contributed by atoms with van der Waals surface area (Å²) in [5.41, 5.74) is 0.135. The fourth-order valence-corrected chi connectivity index (χ4v) is 3.79. The minimum Gasteiger partial charge on any atom is -0.476 e. The zero-order valence-electron chi connectivity index (χ0n) is 17.8. The van der Waals surface area contributed by atoms with E-state index in [2.05, 4.69) is 5.32 Å². The molecular weight excluding hydrogens is 442 g/mol. The average Bonchev–Trinajstić information content (AvgIpc) is 2.73. The van der Waals surface area contributed by atoms with Crippen molar-refractivity contribution in [3.05, 3.63) is 40.2 Å². The van der Waals surface area contributed by atoms with Gasteiger partial charge >= 0.3 is 17.4 Å². The predicted molar refractivity (Wildman–Crippen MR) is 110 cm³/mol. The molecule has 6 atom stereocenters. The number of carbonyl (C=O) groups excluding carboxylic acids is 1. The molecule has 12 nitrogen and oxygen atoms in total. The molecule has 0 spiro atoms. The summed E-state index contributed by atoms with van der Waals surface area (Å²) in [5.74, 6) is -4.90. The van der Waals surface area contributed by atoms with Crippen molar-refractivity contribution in [3.8, 4) is 5.75 Å². The summed E-state index contributed by atoms with van der Waals surface area (Å²) in [4.78, 5) is 35.5. The first kappa shape index (κ1) is 24.6. The molecular formula is C21H25NO11. The highest BCUT2D eigenvalue weighted by atomic mass is 16.7. The fraction of sp³-hybridized carbons (Fsp3) is 0.476. The molecule has 1 aromatic heterocycles. The molecule has 180 valence electrons. The van der Waals surface area contributed by atoms with Gasteiger partial charge in [-0.1, -0.05) is 0 Å². The van der Waals surface area contributed by atoms with Gasteiger partial charge in [-0.05, 0) is 24.6 Å². The topological polar surface area (TPSA) is 196 Å². The Labute approximate surface area is 187 Å². The van der Waals surface area contributed by atoms with E-state index in [-0.39, 0.29) is 11.3 Å². The number of carboxylic acids is 1. The van der Waals surface area contributed by atoms with Gasteiger partial charge in [0.2, 0.25) is 5.91 Å². The molecule has 1 aliphatic heterocycles. The molecule has 12 heteroatoms. The lowest BCUT2D eigenvalue weighted by molar-refractivity contribution is -0.284. The fourth-order valence-electron chi connectivity index (χ4n) is 3.79. The molecule has 1 aliphatic rings. The van der Waals surface area contributed by atoms with Crippen LogP contribution in [0.2, 0.25) is 0 Å². The first-order chi connectivity index (χ1) is 15.5. The summed E-state index contributed by atoms with van der Waals surface area (Å²) in [6.07, 6.45) is -7.56. The third-order valence-corrected chi connectivity index (χ3v) is 5.39. The van der Waals surface area contributed by atoms with Crippen LogP contribution in [-0.2, 0) is 14.3 Å². The summed E-state index contributed by atoms with van der Waals surface area (Å²) in [6.45, 7) is 1.94. The van der Waals surface area contributed by atoms with Gasteiger partial charge in [-0.3, -0.25) is 4.79 Å². The van der Waals surface area contributed by atoms with Gasteiger partial charge in [-0.15, -0.1) is 0 Å². The Balaban J connectivity index is 2.01. The minimum atomic E-state index is -2.55. The number of carbonyl (C=O) groups is 2. The maximum Gasteiger partial charge on any atom is 0.377 e. The Morgan fingerprint density at radius 2 is 2.00 bits per heavy atom. The molecule has 33 heavy (non-hydrogen) atoms. The molecule has 0 saturated carbocycles. The largest absolute Gasteiger partial charge is 0.476 e. The molecule has 4 unspecified atom stereocenters. The van der Waals surface area contributed by atoms with Gasteiger partial charge in [0, 0.05) is 24.4 Å². The van der Waals surface area contributed by atoms with Gasteiger partial charge in [0.15, 0.2) is 0 Å². The van der Waals surface area contributed by atoms with Crippen molar-refractivity contribution in [1.29, 1.82) is 0 Å². The molecule has 0 aliphatic carbocycles. The summed E-state index contributed by atoms with van der Waals surface area (Å²) in [7, 11) is 0. The number of rotatable bonds is 7. The predicted octanol–water partition coefficient (Wildman–Crippen LogP) is -1.37. The summed E-state index contributed by atoms with van der Waals surface area (Å²) >= 11 is 0. The molecule has 1 fully saturated rings. The Kier molecular flexibility index (Phi) is 7.05. The molecule has 6 N–H and O–H groups in total. The van der Waals surface area contributed by atoms with E-state index in [0.29, 0.717) is 10.9 Å². The number of carboxylic acid groups (broad SMARTS) is 1. The monoisotopic (exact) mass is 467 g/mol. The first-order valence-corrected chi connectivity index (χ1v) is 10.0. The molecule has 0 bridgehead atoms. The van der Waals surface area contributed by atoms with E-state index in [1.165, 1.54) is 18.2 Å². The van der Waals surface area contributed by atoms with Gasteiger partial charge in [0.1, 0.15) is 29.6 Å². The van der Waals surface area contributed by atoms with Gasteiger partial charge in [0.05, 0.1) is 25.2 Å². The Hall–Kier alpha value is -3.03. The second-order valence-electron chi connectivity index (χ2n) is 7.89. The average molecular weight is 467 g/mol. The lowest BCUT2D eigenvalue weighted by Crippen LogP contribution is -2.68. The number of aliphatic hydroxyl groups excluding tert-OH is 4. The van der Waals surface area contributed by atoms with E-state index in [9.17, 15) is 39.9 Å². The van der Waals surface area contributed by atoms with E-state index >= 15 is 0 Å². The number of fused-ring (bicyclic) bond motifs is 1. The zero-order valence-corrected chi connectivity index (χ0v) is 17.8. The van der Waals surface area contributed by atoms with E-state index in [4.69, 9.17) is 13.9 Å². The van der Waals surface area contributed by atoms with Gasteiger partial charge in [0.25, 0.3) is 0 Å². The Morgan fingerprint density at radius 1 is 1.30 bits per heavy atom. The SMILES string of the molecule is CC(=O)N[C@H]1C(C(O)C(O)CO)OC(Oc2ccc3c(C)cc(=O)oc3c2)(C(=O)O)C[C@H]1O. The van der Waals surface area contributed by atoms with Crippen molar-refractivity contribution >= 4 is 22.8 Å². The third kappa shape index (κ3) is 4.99. The molecule has 2 heterocycles. The molecule has 3 rings (SSSR count). The summed E-state index contributed by atoms with van der Waals surface area (Å²) < 4.78 is 16.3. The number of amides is 1. The molecule has 2 aromatic rings. The lowest BCUT2D eigenvalue weighted by atomic mass is 9.88. The van der Waals surface area contributed by atoms with Crippen LogP contribution in [0.25, 0.3) is 11.0 Å². The quantitative estimate of drug-likeness (QED) is 0.263. The number of hydrogen-bond acceptors (Lipinski definition) is 10. The van der Waals surface area contributed by atoms with E-state index in [1.54, 1.807) is 13.0 Å². The Bertz CT molecular complexity index is 1100. The second kappa shape index (κ2) is 9.45. The van der Waals surface area contributed by atoms with Crippen LogP contribution in [0.5, 0.6) is 5.75 Å². The van der Waals surface area contributed by atoms with E-state index < -0.39 is 66.8 Å². The maximum absolute atomic E-state index is 12.2. The van der Waals surface area contributed by atoms with E-state index in [1.807, 2.05) is 0 Å². The van der Waals surface area contributed by atoms with E-state index in [0.717, 1.165) is 6.92 Å². The van der Waals surface area contributed by atoms with Crippen LogP contribution in [0.4, 0.5) is 0 Å². The highest BCUT2D eigenvalue weighted by molar-refractivity contribution is 5.82. The van der Waals surface area contributed by atoms with Crippen LogP contribution in [0.1, 0.15) is 18.9 Å². The molecule has 1 saturated heterocycles. The number of hydrogen-bond donors (Lipinski definition) is 6. The normalized spacial score (nSPS) is 27.0. The van der Waals surface area contributed by atoms with Gasteiger partial charge < -0.3 is 44.7 Å². The number of aliphatic carboxylic acids is 1. The van der Waals surface area contributed by atoms with Gasteiger partial charge in [-0.25, -0.2) is 9.59 Å². The standard InChI is InChI=1S/C21H25NO11/c1-9-5-16(27)31-15-6-11(3-4-12(9)15)32-21(20(29)30)7-13(25)17(22-10(2)24)19(33-21)18(28)14(26)8-23/h3-6,13-14,17-19,23,25-26,28H,7-8H2,1-2H3,(H,22,24)(H,29,30)/t13-,14?,17-,18?,19?,21?/m1/s1. The summed E-state index contributed by atoms with van der Waals surface area (Å²) in [5, 5.41) is 53.0. The second-order valence-corrected chi connectivity index (χ2v) is 7.89. The molecule has 1 amide bonds. The number of aliphatic hydroxyl groups is 4. The maximum atomic E-state index is 12.2. The van der Waals surface area contributed by atoms with Crippen molar-refractivity contribution in [2.45, 2.75) is 56.5 Å². The van der Waals surface area contributed by atoms with Crippen molar-refractivity contribution in [2.75, 3.05) is 6.61 Å². The molecule has 0 radical (unpaired) electrons. The lowest BCUT2D eigenvalue weighted by Gasteiger charge is -2.46. The third-order valence-electron chi connectivity index (χ3n) is 5.39. The van der Waals surface area contributed by atoms with Crippen molar-refractivity contribution in [3.63, 3.8) is 0 Å². The van der Waals surface area contributed by atoms with Crippen LogP contribution in [0.3, 0.4) is 0 Å². The van der Waals surface area contributed by atoms with Crippen molar-refractivity contribution in [2.24, 2.45) is 0 Å². The van der Waals surface area contributed by atoms with Crippen LogP contribution in [-0.4, -0.2) is 80.3 Å². The number of aryl methyl sites for hydroxylation is 1.